The van der Waals surface area contributed by atoms with Gasteiger partial charge in [-0.15, -0.1) is 0 Å². The van der Waals surface area contributed by atoms with Crippen molar-refractivity contribution in [1.29, 1.82) is 0 Å². The molecule has 1 unspecified atom stereocenters. The Morgan fingerprint density at radius 3 is 2.93 bits per heavy atom. The summed E-state index contributed by atoms with van der Waals surface area (Å²) in [5, 5.41) is 9.28. The molecule has 1 atom stereocenters. The average molecular weight is 270 g/mol. The van der Waals surface area contributed by atoms with Crippen LogP contribution in [-0.2, 0) is 0 Å². The smallest absolute Gasteiger partial charge is 0.254 e. The van der Waals surface area contributed by atoms with Gasteiger partial charge in [-0.2, -0.15) is 0 Å². The molecule has 1 amide bonds. The van der Waals surface area contributed by atoms with Gasteiger partial charge in [-0.25, -0.2) is 0 Å². The maximum Gasteiger partial charge on any atom is 0.254 e. The summed E-state index contributed by atoms with van der Waals surface area (Å²) in [6.45, 7) is 1.53. The number of aromatic hydroxyl groups is 1. The van der Waals surface area contributed by atoms with Crippen molar-refractivity contribution in [3.8, 4) is 5.75 Å². The van der Waals surface area contributed by atoms with Crippen LogP contribution in [0.25, 0.3) is 0 Å². The highest BCUT2D eigenvalue weighted by Gasteiger charge is 2.25. The van der Waals surface area contributed by atoms with Crippen molar-refractivity contribution in [2.45, 2.75) is 11.2 Å². The minimum atomic E-state index is -0.00662. The molecule has 0 radical (unpaired) electrons. The zero-order valence-electron chi connectivity index (χ0n) is 8.19. The Bertz CT molecular complexity index is 381. The lowest BCUT2D eigenvalue weighted by molar-refractivity contribution is 0.0793. The van der Waals surface area contributed by atoms with E-state index >= 15 is 0 Å². The second kappa shape index (κ2) is 4.23. The third-order valence-electron chi connectivity index (χ3n) is 2.51. The number of hydrogen-bond acceptors (Lipinski definition) is 2. The van der Waals surface area contributed by atoms with Crippen molar-refractivity contribution >= 4 is 21.8 Å². The predicted octanol–water partition coefficient (Wildman–Crippen LogP) is 2.00. The first-order valence-corrected chi connectivity index (χ1v) is 5.81. The van der Waals surface area contributed by atoms with Gasteiger partial charge >= 0.3 is 0 Å². The summed E-state index contributed by atoms with van der Waals surface area (Å²) in [4.78, 5) is 14.1. The molecule has 1 heterocycles. The van der Waals surface area contributed by atoms with Gasteiger partial charge in [-0.1, -0.05) is 22.0 Å². The van der Waals surface area contributed by atoms with Gasteiger partial charge in [0, 0.05) is 23.5 Å². The monoisotopic (exact) mass is 269 g/mol. The Labute approximate surface area is 96.8 Å². The van der Waals surface area contributed by atoms with Crippen molar-refractivity contribution in [2.24, 2.45) is 0 Å². The van der Waals surface area contributed by atoms with Crippen molar-refractivity contribution in [1.82, 2.24) is 4.90 Å². The predicted molar refractivity (Wildman–Crippen MR) is 61.3 cm³/mol. The van der Waals surface area contributed by atoms with Gasteiger partial charge in [-0.05, 0) is 24.6 Å². The molecule has 0 aliphatic carbocycles. The molecule has 0 spiro atoms. The fraction of sp³-hybridized carbons (Fsp3) is 0.364. The Balaban J connectivity index is 2.14. The number of amides is 1. The third-order valence-corrected chi connectivity index (χ3v) is 3.26. The number of likely N-dealkylation sites (tertiary alicyclic amines) is 1. The van der Waals surface area contributed by atoms with Crippen LogP contribution in [0.15, 0.2) is 24.3 Å². The lowest BCUT2D eigenvalue weighted by Gasteiger charge is -2.15. The van der Waals surface area contributed by atoms with Crippen LogP contribution in [-0.4, -0.2) is 33.8 Å². The fourth-order valence-corrected chi connectivity index (χ4v) is 2.28. The van der Waals surface area contributed by atoms with Gasteiger partial charge in [0.15, 0.2) is 0 Å². The molecular weight excluding hydrogens is 258 g/mol. The third kappa shape index (κ3) is 2.31. The summed E-state index contributed by atoms with van der Waals surface area (Å²) >= 11 is 3.49. The van der Waals surface area contributed by atoms with Crippen LogP contribution in [0.5, 0.6) is 5.75 Å². The first kappa shape index (κ1) is 10.5. The summed E-state index contributed by atoms with van der Waals surface area (Å²) in [6.07, 6.45) is 0.991. The molecule has 1 aliphatic rings. The summed E-state index contributed by atoms with van der Waals surface area (Å²) < 4.78 is 0. The number of hydrogen-bond donors (Lipinski definition) is 1. The van der Waals surface area contributed by atoms with E-state index in [0.717, 1.165) is 19.5 Å². The first-order valence-electron chi connectivity index (χ1n) is 4.89. The van der Waals surface area contributed by atoms with E-state index in [9.17, 15) is 9.90 Å². The van der Waals surface area contributed by atoms with Crippen LogP contribution >= 0.6 is 15.9 Å². The van der Waals surface area contributed by atoms with E-state index in [1.165, 1.54) is 6.07 Å². The van der Waals surface area contributed by atoms with Gasteiger partial charge in [0.05, 0.1) is 0 Å². The average Bonchev–Trinajstić information content (AvgIpc) is 2.64. The van der Waals surface area contributed by atoms with E-state index in [-0.39, 0.29) is 11.7 Å². The second-order valence-electron chi connectivity index (χ2n) is 3.69. The number of nitrogens with zero attached hydrogens (tertiary/aromatic N) is 1. The molecule has 1 aromatic carbocycles. The van der Waals surface area contributed by atoms with Gasteiger partial charge < -0.3 is 10.0 Å². The lowest BCUT2D eigenvalue weighted by Crippen LogP contribution is -2.28. The standard InChI is InChI=1S/C11H12BrNO2/c12-9-4-5-13(7-9)11(15)8-2-1-3-10(14)6-8/h1-3,6,9,14H,4-5,7H2. The number of alkyl halides is 1. The van der Waals surface area contributed by atoms with E-state index in [4.69, 9.17) is 0 Å². The maximum absolute atomic E-state index is 11.9. The normalized spacial score (nSPS) is 20.6. The first-order chi connectivity index (χ1) is 7.16. The van der Waals surface area contributed by atoms with Crippen LogP contribution in [0.4, 0.5) is 0 Å². The molecule has 0 bridgehead atoms. The van der Waals surface area contributed by atoms with Crippen molar-refractivity contribution < 1.29 is 9.90 Å². The Morgan fingerprint density at radius 2 is 2.33 bits per heavy atom. The molecule has 1 N–H and O–H groups in total. The molecule has 80 valence electrons. The molecule has 1 saturated heterocycles. The highest BCUT2D eigenvalue weighted by molar-refractivity contribution is 9.09. The number of phenols is 1. The second-order valence-corrected chi connectivity index (χ2v) is 4.98. The highest BCUT2D eigenvalue weighted by Crippen LogP contribution is 2.20. The Kier molecular flexibility index (Phi) is 2.95. The molecule has 3 nitrogen and oxygen atoms in total. The zero-order chi connectivity index (χ0) is 10.8. The molecule has 1 aromatic rings. The zero-order valence-corrected chi connectivity index (χ0v) is 9.77. The molecule has 15 heavy (non-hydrogen) atoms. The van der Waals surface area contributed by atoms with Crippen LogP contribution in [0.3, 0.4) is 0 Å². The minimum absolute atomic E-state index is 0.00662. The molecule has 0 saturated carbocycles. The van der Waals surface area contributed by atoms with Gasteiger partial charge in [-0.3, -0.25) is 4.79 Å². The number of benzene rings is 1. The molecule has 0 aromatic heterocycles. The van der Waals surface area contributed by atoms with Gasteiger partial charge in [0.2, 0.25) is 0 Å². The van der Waals surface area contributed by atoms with Gasteiger partial charge in [0.1, 0.15) is 5.75 Å². The Morgan fingerprint density at radius 1 is 1.53 bits per heavy atom. The van der Waals surface area contributed by atoms with Crippen LogP contribution in [0, 0.1) is 0 Å². The number of phenolic OH excluding ortho intramolecular Hbond substituents is 1. The molecular formula is C11H12BrNO2. The molecule has 2 rings (SSSR count). The summed E-state index contributed by atoms with van der Waals surface area (Å²) in [7, 11) is 0. The summed E-state index contributed by atoms with van der Waals surface area (Å²) in [5.74, 6) is 0.128. The van der Waals surface area contributed by atoms with Crippen molar-refractivity contribution in [2.75, 3.05) is 13.1 Å². The quantitative estimate of drug-likeness (QED) is 0.793. The maximum atomic E-state index is 11.9. The van der Waals surface area contributed by atoms with Gasteiger partial charge in [0.25, 0.3) is 5.91 Å². The van der Waals surface area contributed by atoms with E-state index in [1.807, 2.05) is 0 Å². The van der Waals surface area contributed by atoms with E-state index < -0.39 is 0 Å². The lowest BCUT2D eigenvalue weighted by atomic mass is 10.2. The van der Waals surface area contributed by atoms with E-state index in [0.29, 0.717) is 10.4 Å². The SMILES string of the molecule is O=C(c1cccc(O)c1)N1CCC(Br)C1. The molecule has 1 aliphatic heterocycles. The molecule has 1 fully saturated rings. The van der Waals surface area contributed by atoms with Crippen LogP contribution in [0.2, 0.25) is 0 Å². The number of carbonyl (C=O) groups is 1. The molecule has 4 heteroatoms. The fourth-order valence-electron chi connectivity index (χ4n) is 1.72. The van der Waals surface area contributed by atoms with Crippen LogP contribution in [0.1, 0.15) is 16.8 Å². The van der Waals surface area contributed by atoms with Crippen molar-refractivity contribution in [3.63, 3.8) is 0 Å². The summed E-state index contributed by atoms with van der Waals surface area (Å²) in [6, 6.07) is 6.48. The Hall–Kier alpha value is -1.03. The van der Waals surface area contributed by atoms with E-state index in [1.54, 1.807) is 23.1 Å². The highest BCUT2D eigenvalue weighted by atomic mass is 79.9. The van der Waals surface area contributed by atoms with Crippen LogP contribution < -0.4 is 0 Å². The topological polar surface area (TPSA) is 40.5 Å². The number of carbonyl (C=O) groups excluding carboxylic acids is 1. The number of rotatable bonds is 1. The summed E-state index contributed by atoms with van der Waals surface area (Å²) in [5.41, 5.74) is 0.552. The minimum Gasteiger partial charge on any atom is -0.508 e. The van der Waals surface area contributed by atoms with Crippen molar-refractivity contribution in [3.05, 3.63) is 29.8 Å². The van der Waals surface area contributed by atoms with E-state index in [2.05, 4.69) is 15.9 Å². The largest absolute Gasteiger partial charge is 0.508 e. The number of halogens is 1.